The minimum Gasteiger partial charge on any atom is -0.465 e. The summed E-state index contributed by atoms with van der Waals surface area (Å²) in [5, 5.41) is 7.50. The van der Waals surface area contributed by atoms with Gasteiger partial charge in [0.05, 0.1) is 17.6 Å². The Bertz CT molecular complexity index is 1160. The van der Waals surface area contributed by atoms with Gasteiger partial charge in [0, 0.05) is 29.8 Å². The van der Waals surface area contributed by atoms with E-state index in [0.717, 1.165) is 5.56 Å². The van der Waals surface area contributed by atoms with Gasteiger partial charge in [-0.15, -0.1) is 11.3 Å². The normalized spacial score (nSPS) is 9.91. The summed E-state index contributed by atoms with van der Waals surface area (Å²) in [5.74, 6) is 5.38. The highest BCUT2D eigenvalue weighted by Gasteiger charge is 2.07. The van der Waals surface area contributed by atoms with Crippen molar-refractivity contribution in [3.05, 3.63) is 87.6 Å². The lowest BCUT2D eigenvalue weighted by molar-refractivity contribution is -0.116. The molecule has 0 aliphatic rings. The molecule has 0 radical (unpaired) electrons. The summed E-state index contributed by atoms with van der Waals surface area (Å²) in [5.41, 5.74) is 2.50. The van der Waals surface area contributed by atoms with Crippen molar-refractivity contribution in [2.75, 3.05) is 19.0 Å². The van der Waals surface area contributed by atoms with E-state index in [-0.39, 0.29) is 11.8 Å². The zero-order valence-electron chi connectivity index (χ0n) is 17.5. The molecule has 0 unspecified atom stereocenters. The van der Waals surface area contributed by atoms with Crippen LogP contribution < -0.4 is 10.6 Å². The Morgan fingerprint density at radius 3 is 2.44 bits per heavy atom. The Morgan fingerprint density at radius 1 is 0.969 bits per heavy atom. The van der Waals surface area contributed by atoms with Gasteiger partial charge in [0.2, 0.25) is 5.91 Å². The van der Waals surface area contributed by atoms with E-state index in [0.29, 0.717) is 41.1 Å². The zero-order valence-corrected chi connectivity index (χ0v) is 18.3. The van der Waals surface area contributed by atoms with E-state index in [4.69, 9.17) is 4.74 Å². The molecular formula is C25H22N2O4S. The molecule has 162 valence electrons. The lowest BCUT2D eigenvalue weighted by Crippen LogP contribution is -2.24. The van der Waals surface area contributed by atoms with Crippen LogP contribution in [0.4, 0.5) is 5.69 Å². The molecule has 3 aromatic rings. The van der Waals surface area contributed by atoms with Crippen molar-refractivity contribution in [3.63, 3.8) is 0 Å². The maximum atomic E-state index is 12.2. The molecule has 2 amide bonds. The average molecular weight is 447 g/mol. The second kappa shape index (κ2) is 11.5. The molecule has 0 aliphatic heterocycles. The first-order chi connectivity index (χ1) is 15.5. The monoisotopic (exact) mass is 446 g/mol. The fourth-order valence-corrected chi connectivity index (χ4v) is 3.47. The largest absolute Gasteiger partial charge is 0.465 e. The second-order valence-electron chi connectivity index (χ2n) is 6.79. The van der Waals surface area contributed by atoms with Gasteiger partial charge in [-0.25, -0.2) is 4.79 Å². The predicted molar refractivity (Wildman–Crippen MR) is 125 cm³/mol. The number of amides is 2. The summed E-state index contributed by atoms with van der Waals surface area (Å²) >= 11 is 1.38. The third-order valence-electron chi connectivity index (χ3n) is 4.39. The van der Waals surface area contributed by atoms with Gasteiger partial charge in [0.25, 0.3) is 5.91 Å². The maximum Gasteiger partial charge on any atom is 0.337 e. The molecule has 32 heavy (non-hydrogen) atoms. The van der Waals surface area contributed by atoms with E-state index in [1.54, 1.807) is 36.4 Å². The third-order valence-corrected chi connectivity index (χ3v) is 5.26. The van der Waals surface area contributed by atoms with Crippen LogP contribution in [0.1, 0.15) is 44.0 Å². The van der Waals surface area contributed by atoms with Gasteiger partial charge in [0.15, 0.2) is 0 Å². The third kappa shape index (κ3) is 6.83. The van der Waals surface area contributed by atoms with Crippen LogP contribution in [0, 0.1) is 11.8 Å². The summed E-state index contributed by atoms with van der Waals surface area (Å²) in [6.07, 6.45) is 0.833. The molecule has 0 atom stereocenters. The Hall–Kier alpha value is -3.89. The number of carbonyl (C=O) groups is 3. The van der Waals surface area contributed by atoms with Gasteiger partial charge in [-0.2, -0.15) is 0 Å². The molecular weight excluding hydrogens is 424 g/mol. The summed E-state index contributed by atoms with van der Waals surface area (Å²) in [6, 6.07) is 17.7. The van der Waals surface area contributed by atoms with Crippen LogP contribution in [0.5, 0.6) is 0 Å². The van der Waals surface area contributed by atoms with Crippen LogP contribution in [-0.4, -0.2) is 31.4 Å². The number of esters is 1. The van der Waals surface area contributed by atoms with E-state index >= 15 is 0 Å². The van der Waals surface area contributed by atoms with Crippen LogP contribution in [0.25, 0.3) is 0 Å². The van der Waals surface area contributed by atoms with Gasteiger partial charge in [-0.3, -0.25) is 9.59 Å². The molecule has 2 N–H and O–H groups in total. The van der Waals surface area contributed by atoms with Crippen LogP contribution in [0.2, 0.25) is 0 Å². The summed E-state index contributed by atoms with van der Waals surface area (Å²) < 4.78 is 4.72. The summed E-state index contributed by atoms with van der Waals surface area (Å²) in [7, 11) is 1.33. The molecule has 6 nitrogen and oxygen atoms in total. The number of nitrogens with one attached hydrogen (secondary N) is 2. The number of methoxy groups -OCH3 is 1. The number of hydrogen-bond donors (Lipinski definition) is 2. The van der Waals surface area contributed by atoms with Gasteiger partial charge in [-0.1, -0.05) is 30.0 Å². The van der Waals surface area contributed by atoms with Crippen LogP contribution in [0.3, 0.4) is 0 Å². The SMILES string of the molecule is COC(=O)c1cccc(C#Cc2cccc(NC(=O)CCCNC(=O)c3cccs3)c2)c1. The van der Waals surface area contributed by atoms with Crippen molar-refractivity contribution in [2.24, 2.45) is 0 Å². The molecule has 3 rings (SSSR count). The van der Waals surface area contributed by atoms with Crippen molar-refractivity contribution < 1.29 is 19.1 Å². The van der Waals surface area contributed by atoms with Crippen molar-refractivity contribution in [1.29, 1.82) is 0 Å². The van der Waals surface area contributed by atoms with Gasteiger partial charge < -0.3 is 15.4 Å². The molecule has 0 spiro atoms. The van der Waals surface area contributed by atoms with Crippen molar-refractivity contribution in [3.8, 4) is 11.8 Å². The minimum absolute atomic E-state index is 0.121. The Labute approximate surface area is 190 Å². The molecule has 0 saturated carbocycles. The zero-order chi connectivity index (χ0) is 22.8. The lowest BCUT2D eigenvalue weighted by atomic mass is 10.1. The first-order valence-electron chi connectivity index (χ1n) is 9.97. The number of hydrogen-bond acceptors (Lipinski definition) is 5. The molecule has 0 aliphatic carbocycles. The number of rotatable bonds is 7. The van der Waals surface area contributed by atoms with Crippen molar-refractivity contribution in [2.45, 2.75) is 12.8 Å². The fourth-order valence-electron chi connectivity index (χ4n) is 2.83. The lowest BCUT2D eigenvalue weighted by Gasteiger charge is -2.06. The van der Waals surface area contributed by atoms with Gasteiger partial charge in [-0.05, 0) is 54.3 Å². The van der Waals surface area contributed by atoms with Crippen LogP contribution in [0.15, 0.2) is 66.0 Å². The number of carbonyl (C=O) groups excluding carboxylic acids is 3. The van der Waals surface area contributed by atoms with Crippen molar-refractivity contribution in [1.82, 2.24) is 5.32 Å². The molecule has 2 aromatic carbocycles. The van der Waals surface area contributed by atoms with Crippen LogP contribution >= 0.6 is 11.3 Å². The van der Waals surface area contributed by atoms with E-state index in [2.05, 4.69) is 22.5 Å². The molecule has 0 saturated heterocycles. The average Bonchev–Trinajstić information content (AvgIpc) is 3.35. The first kappa shape index (κ1) is 22.8. The maximum absolute atomic E-state index is 12.2. The predicted octanol–water partition coefficient (Wildman–Crippen LogP) is 4.08. The summed E-state index contributed by atoms with van der Waals surface area (Å²) in [4.78, 5) is 36.4. The highest BCUT2D eigenvalue weighted by atomic mass is 32.1. The van der Waals surface area contributed by atoms with Gasteiger partial charge >= 0.3 is 5.97 Å². The Balaban J connectivity index is 1.51. The van der Waals surface area contributed by atoms with E-state index < -0.39 is 5.97 Å². The van der Waals surface area contributed by atoms with E-state index in [1.165, 1.54) is 18.4 Å². The highest BCUT2D eigenvalue weighted by molar-refractivity contribution is 7.12. The van der Waals surface area contributed by atoms with Crippen molar-refractivity contribution >= 4 is 34.8 Å². The highest BCUT2D eigenvalue weighted by Crippen LogP contribution is 2.12. The molecule has 0 fully saturated rings. The fraction of sp³-hybridized carbons (Fsp3) is 0.160. The number of benzene rings is 2. The number of anilines is 1. The van der Waals surface area contributed by atoms with E-state index in [9.17, 15) is 14.4 Å². The Morgan fingerprint density at radius 2 is 1.72 bits per heavy atom. The number of ether oxygens (including phenoxy) is 1. The topological polar surface area (TPSA) is 84.5 Å². The smallest absolute Gasteiger partial charge is 0.337 e. The number of thiophene rings is 1. The second-order valence-corrected chi connectivity index (χ2v) is 7.74. The summed E-state index contributed by atoms with van der Waals surface area (Å²) in [6.45, 7) is 0.431. The van der Waals surface area contributed by atoms with Crippen LogP contribution in [-0.2, 0) is 9.53 Å². The first-order valence-corrected chi connectivity index (χ1v) is 10.8. The quantitative estimate of drug-likeness (QED) is 0.325. The van der Waals surface area contributed by atoms with E-state index in [1.807, 2.05) is 29.6 Å². The van der Waals surface area contributed by atoms with Gasteiger partial charge in [0.1, 0.15) is 0 Å². The molecule has 1 heterocycles. The Kier molecular flexibility index (Phi) is 8.18. The minimum atomic E-state index is -0.413. The molecule has 1 aromatic heterocycles. The molecule has 0 bridgehead atoms. The molecule has 7 heteroatoms. The standard InChI is InChI=1S/C25H22N2O4S/c1-31-25(30)20-8-2-6-18(16-20)12-13-19-7-3-9-21(17-19)27-23(28)11-4-14-26-24(29)22-10-5-15-32-22/h2-3,5-10,15-17H,4,11,14H2,1H3,(H,26,29)(H,27,28).